The second-order valence-electron chi connectivity index (χ2n) is 35.3. The fraction of sp³-hybridized carbons (Fsp3) is 0.821. The Balaban J connectivity index is 0.000000139. The minimum atomic E-state index is -3.56. The van der Waals surface area contributed by atoms with E-state index in [0.29, 0.717) is 51.4 Å². The van der Waals surface area contributed by atoms with Crippen molar-refractivity contribution in [3.05, 3.63) is 0 Å². The van der Waals surface area contributed by atoms with Crippen molar-refractivity contribution in [2.75, 3.05) is 33.5 Å². The van der Waals surface area contributed by atoms with Crippen molar-refractivity contribution in [1.29, 1.82) is 0 Å². The van der Waals surface area contributed by atoms with Crippen molar-refractivity contribution in [2.45, 2.75) is 272 Å². The Bertz CT molecular complexity index is 3740. The van der Waals surface area contributed by atoms with Crippen LogP contribution in [-0.4, -0.2) is 216 Å². The first kappa shape index (κ1) is 85.3. The smallest absolute Gasteiger partial charge is 0.344 e. The lowest BCUT2D eigenvalue weighted by Gasteiger charge is -2.30. The standard InChI is InChI=1S/C18H24O8.C17H24O6.C16H22O6.C15H20O7.C12H18O6S/c1-5-18(2,3)17(22)24-7-10(19)25-13-8-6-9-12(11(8)15(20)23-4)16(21)26-14(9)13;1-5-17(3,4)16(20)21-7-11(18)22-13-9-6-10-12(8(9)2)15(19)23-14(10)13;1-4-16(2,3)15(19)20-7-11(17)21-12-8-5-9-10(6-8)14(18)22-13(9)12;1-4-15(2,3)14(18)19-6-9(16)21-11-8-5-7-10(20-8)12(11)22-13(7)17;1-4-12(2,3)11(13)17-8-6-5-7-9(16-6)10(8)18-19(7,14)15/h8-9,11-14H,5-7H2,1-4H3;8-10,12-14H,5-7H2,1-4H3;8-10,12-13H,4-7H2,1-3H3;7-8,10-12H,4-6H2,1-3H3;6-10H,4-5H2,1-3H3. The topological polar surface area (TPSA) is 430 Å². The molecule has 0 aromatic heterocycles. The molecule has 10 bridgehead atoms. The number of carbonyl (C=O) groups is 14. The van der Waals surface area contributed by atoms with Crippen LogP contribution >= 0.6 is 0 Å². The molecular weight excluding hydrogens is 1500 g/mol. The minimum absolute atomic E-state index is 0.00636. The Hall–Kier alpha value is -7.59. The molecule has 15 rings (SSSR count). The van der Waals surface area contributed by atoms with Gasteiger partial charge in [0.05, 0.1) is 76.0 Å². The summed E-state index contributed by atoms with van der Waals surface area (Å²) in [6.07, 6.45) is 0.545. The molecule has 0 amide bonds. The van der Waals surface area contributed by atoms with Gasteiger partial charge in [-0.15, -0.1) is 0 Å². The Morgan fingerprint density at radius 2 is 0.768 bits per heavy atom. The van der Waals surface area contributed by atoms with E-state index in [9.17, 15) is 75.5 Å². The fourth-order valence-corrected chi connectivity index (χ4v) is 19.6. The molecule has 112 heavy (non-hydrogen) atoms. The molecule has 15 aliphatic rings. The lowest BCUT2D eigenvalue weighted by molar-refractivity contribution is -0.174. The summed E-state index contributed by atoms with van der Waals surface area (Å²) in [7, 11) is -2.29. The Kier molecular flexibility index (Phi) is 24.6. The Labute approximate surface area is 650 Å². The van der Waals surface area contributed by atoms with E-state index in [0.717, 1.165) is 19.3 Å². The summed E-state index contributed by atoms with van der Waals surface area (Å²) in [5.74, 6) is -7.15. The van der Waals surface area contributed by atoms with Crippen molar-refractivity contribution in [2.24, 2.45) is 98.1 Å². The number of hydrogen-bond acceptors (Lipinski definition) is 33. The number of carbonyl (C=O) groups excluding carboxylic acids is 14. The Morgan fingerprint density at radius 3 is 1.26 bits per heavy atom. The normalized spacial score (nSPS) is 36.8. The van der Waals surface area contributed by atoms with Gasteiger partial charge in [0.1, 0.15) is 60.2 Å². The van der Waals surface area contributed by atoms with Crippen LogP contribution in [0.5, 0.6) is 0 Å². The van der Waals surface area contributed by atoms with Gasteiger partial charge in [0.25, 0.3) is 10.1 Å². The summed E-state index contributed by atoms with van der Waals surface area (Å²) in [5, 5.41) is -0.586. The molecule has 624 valence electrons. The molecule has 9 saturated heterocycles. The van der Waals surface area contributed by atoms with Crippen LogP contribution in [-0.2, 0) is 157 Å². The first-order valence-electron chi connectivity index (χ1n) is 39.2. The van der Waals surface area contributed by atoms with Gasteiger partial charge in [-0.1, -0.05) is 41.5 Å². The highest BCUT2D eigenvalue weighted by Gasteiger charge is 2.72. The number of hydrogen-bond donors (Lipinski definition) is 0. The van der Waals surface area contributed by atoms with E-state index in [-0.39, 0.29) is 126 Å². The van der Waals surface area contributed by atoms with Crippen LogP contribution < -0.4 is 0 Å². The average Bonchev–Trinajstić information content (AvgIpc) is 1.56. The molecule has 0 spiro atoms. The fourth-order valence-electron chi connectivity index (χ4n) is 17.9. The minimum Gasteiger partial charge on any atom is -0.469 e. The molecule has 6 aliphatic carbocycles. The largest absolute Gasteiger partial charge is 0.469 e. The monoisotopic (exact) mass is 1600 g/mol. The highest BCUT2D eigenvalue weighted by molar-refractivity contribution is 7.87. The maximum absolute atomic E-state index is 12.1. The second kappa shape index (κ2) is 32.2. The van der Waals surface area contributed by atoms with Gasteiger partial charge in [-0.05, 0) is 146 Å². The average molecular weight is 1610 g/mol. The van der Waals surface area contributed by atoms with Gasteiger partial charge in [-0.3, -0.25) is 52.1 Å². The molecule has 0 N–H and O–H groups in total. The quantitative estimate of drug-likeness (QED) is 0.0679. The second-order valence-corrected chi connectivity index (χ2v) is 37.1. The summed E-state index contributed by atoms with van der Waals surface area (Å²) >= 11 is 0. The highest BCUT2D eigenvalue weighted by Crippen LogP contribution is 2.61. The predicted molar refractivity (Wildman–Crippen MR) is 375 cm³/mol. The first-order chi connectivity index (χ1) is 52.4. The number of rotatable bonds is 24. The van der Waals surface area contributed by atoms with E-state index in [1.54, 1.807) is 69.2 Å². The van der Waals surface area contributed by atoms with Crippen LogP contribution in [0.2, 0.25) is 0 Å². The summed E-state index contributed by atoms with van der Waals surface area (Å²) < 4.78 is 113. The van der Waals surface area contributed by atoms with Crippen LogP contribution in [0.4, 0.5) is 0 Å². The molecule has 33 nitrogen and oxygen atoms in total. The third kappa shape index (κ3) is 16.3. The zero-order chi connectivity index (χ0) is 82.3. The molecule has 15 fully saturated rings. The summed E-state index contributed by atoms with van der Waals surface area (Å²) in [6.45, 7) is 27.4. The van der Waals surface area contributed by atoms with Gasteiger partial charge in [0.2, 0.25) is 0 Å². The van der Waals surface area contributed by atoms with Crippen molar-refractivity contribution >= 4 is 93.7 Å². The first-order valence-corrected chi connectivity index (χ1v) is 40.7. The van der Waals surface area contributed by atoms with Gasteiger partial charge in [-0.2, -0.15) is 8.42 Å². The van der Waals surface area contributed by atoms with Gasteiger partial charge in [0.15, 0.2) is 44.7 Å². The number of fused-ring (bicyclic) bond motifs is 5. The maximum Gasteiger partial charge on any atom is 0.344 e. The molecular formula is C78H108O33S. The third-order valence-corrected chi connectivity index (χ3v) is 28.4. The van der Waals surface area contributed by atoms with E-state index in [4.69, 9.17) is 80.0 Å². The molecule has 27 atom stereocenters. The molecule has 0 aromatic rings. The zero-order valence-corrected chi connectivity index (χ0v) is 67.4. The van der Waals surface area contributed by atoms with Crippen molar-refractivity contribution in [3.8, 4) is 0 Å². The van der Waals surface area contributed by atoms with Crippen LogP contribution in [0.25, 0.3) is 0 Å². The lowest BCUT2D eigenvalue weighted by atomic mass is 9.78. The van der Waals surface area contributed by atoms with Gasteiger partial charge in [0, 0.05) is 35.5 Å². The lowest BCUT2D eigenvalue weighted by Crippen LogP contribution is -2.44. The summed E-state index contributed by atoms with van der Waals surface area (Å²) in [4.78, 5) is 167. The Morgan fingerprint density at radius 1 is 0.384 bits per heavy atom. The number of esters is 14. The van der Waals surface area contributed by atoms with E-state index < -0.39 is 183 Å². The van der Waals surface area contributed by atoms with Gasteiger partial charge in [-0.25, -0.2) is 19.2 Å². The van der Waals surface area contributed by atoms with Gasteiger partial charge >= 0.3 is 83.6 Å². The van der Waals surface area contributed by atoms with Crippen molar-refractivity contribution in [3.63, 3.8) is 0 Å². The van der Waals surface area contributed by atoms with Crippen LogP contribution in [0.15, 0.2) is 0 Å². The van der Waals surface area contributed by atoms with Gasteiger partial charge < -0.3 is 75.8 Å². The summed E-state index contributed by atoms with van der Waals surface area (Å²) in [5.41, 5.74) is -3.13. The van der Waals surface area contributed by atoms with Crippen LogP contribution in [0.1, 0.15) is 181 Å². The van der Waals surface area contributed by atoms with Crippen LogP contribution in [0, 0.1) is 98.1 Å². The summed E-state index contributed by atoms with van der Waals surface area (Å²) in [6, 6.07) is 0. The van der Waals surface area contributed by atoms with Crippen molar-refractivity contribution < 1.29 is 156 Å². The molecule has 9 heterocycles. The molecule has 0 radical (unpaired) electrons. The number of ether oxygens (including phenoxy) is 16. The van der Waals surface area contributed by atoms with Crippen molar-refractivity contribution in [1.82, 2.24) is 0 Å². The SMILES string of the molecule is CCC(C)(C)C(=O)OC1C2CC3C(O2)C1OS3(=O)=O.CCC(C)(C)C(=O)OCC(=O)OC1C2CC3C(=O)OC1C3C2.CCC(C)(C)C(=O)OCC(=O)OC1C2CC3C(=O)OC1C3O2.CCC(C)(C)C(=O)OCC(=O)OC1C2CC3C1OC(=O)C3C2C.CCC(C)(C)C(=O)OCC(=O)OC1C2CC3C1OC(=O)C3C2C(=O)OC. The van der Waals surface area contributed by atoms with E-state index in [1.807, 2.05) is 41.5 Å². The zero-order valence-electron chi connectivity index (χ0n) is 66.6. The third-order valence-electron chi connectivity index (χ3n) is 26.7. The van der Waals surface area contributed by atoms with E-state index in [2.05, 4.69) is 0 Å². The molecule has 9 aliphatic heterocycles. The van der Waals surface area contributed by atoms with E-state index in [1.165, 1.54) is 7.11 Å². The molecule has 0 aromatic carbocycles. The van der Waals surface area contributed by atoms with Crippen LogP contribution in [0.3, 0.4) is 0 Å². The highest BCUT2D eigenvalue weighted by atomic mass is 32.2. The predicted octanol–water partition coefficient (Wildman–Crippen LogP) is 5.22. The number of methoxy groups -OCH3 is 1. The molecule has 34 heteroatoms. The van der Waals surface area contributed by atoms with E-state index >= 15 is 0 Å². The molecule has 27 unspecified atom stereocenters. The molecule has 6 saturated carbocycles. The maximum atomic E-state index is 12.1.